The van der Waals surface area contributed by atoms with E-state index in [1.807, 2.05) is 13.0 Å². The number of fused-ring (bicyclic) bond motifs is 1. The number of carbonyl (C=O) groups excluding carboxylic acids is 1. The van der Waals surface area contributed by atoms with Crippen LogP contribution in [0.15, 0.2) is 39.7 Å². The number of primary amides is 1. The third-order valence-corrected chi connectivity index (χ3v) is 4.10. The number of nitrogens with one attached hydrogen (secondary N) is 2. The van der Waals surface area contributed by atoms with Gasteiger partial charge in [-0.25, -0.2) is 4.99 Å². The minimum Gasteiger partial charge on any atom is -0.493 e. The third-order valence-electron chi connectivity index (χ3n) is 4.10. The molecule has 4 N–H and O–H groups in total. The number of guanidine groups is 1. The molecule has 0 aliphatic carbocycles. The van der Waals surface area contributed by atoms with Crippen LogP contribution in [0.1, 0.15) is 34.4 Å². The van der Waals surface area contributed by atoms with E-state index in [-0.39, 0.29) is 29.7 Å². The van der Waals surface area contributed by atoms with E-state index in [0.29, 0.717) is 18.3 Å². The summed E-state index contributed by atoms with van der Waals surface area (Å²) in [5.41, 5.74) is 7.74. The van der Waals surface area contributed by atoms with E-state index in [2.05, 4.69) is 27.8 Å². The molecule has 0 spiro atoms. The molecule has 1 aromatic heterocycles. The molecule has 0 radical (unpaired) electrons. The number of hydrogen-bond donors (Lipinski definition) is 3. The second-order valence-corrected chi connectivity index (χ2v) is 6.04. The van der Waals surface area contributed by atoms with Gasteiger partial charge in [-0.3, -0.25) is 4.79 Å². The molecule has 0 saturated carbocycles. The lowest BCUT2D eigenvalue weighted by molar-refractivity contribution is 0.0972. The maximum Gasteiger partial charge on any atom is 0.284 e. The quantitative estimate of drug-likeness (QED) is 0.318. The van der Waals surface area contributed by atoms with Crippen LogP contribution < -0.4 is 21.1 Å². The minimum atomic E-state index is -0.579. The van der Waals surface area contributed by atoms with Crippen molar-refractivity contribution < 1.29 is 13.9 Å². The molecule has 27 heavy (non-hydrogen) atoms. The van der Waals surface area contributed by atoms with Gasteiger partial charge in [-0.2, -0.15) is 0 Å². The average molecular weight is 484 g/mol. The van der Waals surface area contributed by atoms with Crippen LogP contribution in [0, 0.1) is 0 Å². The highest BCUT2D eigenvalue weighted by molar-refractivity contribution is 14.0. The summed E-state index contributed by atoms with van der Waals surface area (Å²) in [5, 5.41) is 6.51. The second kappa shape index (κ2) is 10.2. The Bertz CT molecular complexity index is 804. The van der Waals surface area contributed by atoms with Crippen LogP contribution in [-0.2, 0) is 19.4 Å². The number of benzene rings is 1. The third kappa shape index (κ3) is 5.88. The predicted octanol–water partition coefficient (Wildman–Crippen LogP) is 2.23. The summed E-state index contributed by atoms with van der Waals surface area (Å²) >= 11 is 0. The Morgan fingerprint density at radius 2 is 2.11 bits per heavy atom. The van der Waals surface area contributed by atoms with Crippen molar-refractivity contribution in [3.8, 4) is 5.75 Å². The Morgan fingerprint density at radius 1 is 1.26 bits per heavy atom. The monoisotopic (exact) mass is 484 g/mol. The number of carbonyl (C=O) groups is 1. The van der Waals surface area contributed by atoms with Crippen molar-refractivity contribution in [3.63, 3.8) is 0 Å². The smallest absolute Gasteiger partial charge is 0.284 e. The van der Waals surface area contributed by atoms with Crippen LogP contribution in [0.5, 0.6) is 5.75 Å². The average Bonchev–Trinajstić information content (AvgIpc) is 3.28. The number of furan rings is 1. The first-order valence-electron chi connectivity index (χ1n) is 8.81. The number of nitrogens with two attached hydrogens (primary N) is 1. The highest BCUT2D eigenvalue weighted by atomic mass is 127. The van der Waals surface area contributed by atoms with Crippen LogP contribution in [0.2, 0.25) is 0 Å². The summed E-state index contributed by atoms with van der Waals surface area (Å²) in [4.78, 5) is 15.5. The van der Waals surface area contributed by atoms with Gasteiger partial charge in [-0.15, -0.1) is 24.0 Å². The molecule has 3 rings (SSSR count). The highest BCUT2D eigenvalue weighted by Crippen LogP contribution is 2.25. The van der Waals surface area contributed by atoms with Gasteiger partial charge in [0.25, 0.3) is 5.91 Å². The Hall–Kier alpha value is -2.23. The largest absolute Gasteiger partial charge is 0.493 e. The molecular formula is C19H25IN4O3. The Kier molecular flexibility index (Phi) is 7.96. The summed E-state index contributed by atoms with van der Waals surface area (Å²) in [5.74, 6) is 1.87. The van der Waals surface area contributed by atoms with Gasteiger partial charge in [-0.05, 0) is 42.7 Å². The Balaban J connectivity index is 0.00000261. The normalized spacial score (nSPS) is 12.7. The van der Waals surface area contributed by atoms with Crippen molar-refractivity contribution in [2.24, 2.45) is 10.7 Å². The van der Waals surface area contributed by atoms with Crippen LogP contribution in [0.4, 0.5) is 0 Å². The van der Waals surface area contributed by atoms with Gasteiger partial charge in [0.1, 0.15) is 18.1 Å². The van der Waals surface area contributed by atoms with Gasteiger partial charge in [0.15, 0.2) is 11.7 Å². The van der Waals surface area contributed by atoms with Crippen molar-refractivity contribution in [3.05, 3.63) is 53.0 Å². The van der Waals surface area contributed by atoms with Crippen LogP contribution in [-0.4, -0.2) is 31.6 Å². The molecule has 0 bridgehead atoms. The molecule has 0 fully saturated rings. The minimum absolute atomic E-state index is 0. The van der Waals surface area contributed by atoms with E-state index in [9.17, 15) is 4.79 Å². The molecule has 1 aliphatic heterocycles. The topological polar surface area (TPSA) is 102 Å². The zero-order valence-corrected chi connectivity index (χ0v) is 17.6. The zero-order chi connectivity index (χ0) is 18.4. The predicted molar refractivity (Wildman–Crippen MR) is 115 cm³/mol. The van der Waals surface area contributed by atoms with Crippen LogP contribution >= 0.6 is 24.0 Å². The summed E-state index contributed by atoms with van der Waals surface area (Å²) in [6.45, 7) is 4.63. The second-order valence-electron chi connectivity index (χ2n) is 6.04. The number of aliphatic imine (C=N–C) groups is 1. The van der Waals surface area contributed by atoms with Crippen LogP contribution in [0.25, 0.3) is 0 Å². The zero-order valence-electron chi connectivity index (χ0n) is 15.3. The Morgan fingerprint density at radius 3 is 2.85 bits per heavy atom. The molecule has 1 aliphatic rings. The fourth-order valence-corrected chi connectivity index (χ4v) is 2.81. The number of halogens is 1. The standard InChI is InChI=1S/C19H24N4O3.HI/c1-2-21-19(23-12-15-4-6-17(26-15)18(20)24)22-9-7-13-3-5-16-14(11-13)8-10-25-16;/h3-6,11H,2,7-10,12H2,1H3,(H2,20,24)(H2,21,22,23);1H. The number of nitrogens with zero attached hydrogens (tertiary/aromatic N) is 1. The number of ether oxygens (including phenoxy) is 1. The van der Waals surface area contributed by atoms with E-state index in [1.54, 1.807) is 12.1 Å². The first-order valence-corrected chi connectivity index (χ1v) is 8.81. The number of amides is 1. The van der Waals surface area contributed by atoms with E-state index < -0.39 is 5.91 Å². The molecule has 7 nitrogen and oxygen atoms in total. The number of hydrogen-bond acceptors (Lipinski definition) is 4. The lowest BCUT2D eigenvalue weighted by Crippen LogP contribution is -2.38. The first-order chi connectivity index (χ1) is 12.7. The molecule has 2 heterocycles. The van der Waals surface area contributed by atoms with Crippen molar-refractivity contribution in [2.45, 2.75) is 26.3 Å². The van der Waals surface area contributed by atoms with Crippen molar-refractivity contribution in [1.82, 2.24) is 10.6 Å². The molecule has 8 heteroatoms. The lowest BCUT2D eigenvalue weighted by atomic mass is 10.1. The van der Waals surface area contributed by atoms with Gasteiger partial charge < -0.3 is 25.5 Å². The number of rotatable bonds is 7. The van der Waals surface area contributed by atoms with Gasteiger partial charge in [0.2, 0.25) is 0 Å². The maximum absolute atomic E-state index is 11.1. The fraction of sp³-hybridized carbons (Fsp3) is 0.368. The first kappa shape index (κ1) is 21.1. The fourth-order valence-electron chi connectivity index (χ4n) is 2.81. The molecule has 0 saturated heterocycles. The molecule has 1 aromatic carbocycles. The molecule has 1 amide bonds. The Labute approximate surface area is 175 Å². The van der Waals surface area contributed by atoms with Gasteiger partial charge in [-0.1, -0.05) is 12.1 Å². The summed E-state index contributed by atoms with van der Waals surface area (Å²) < 4.78 is 10.9. The van der Waals surface area contributed by atoms with E-state index in [0.717, 1.165) is 38.3 Å². The van der Waals surface area contributed by atoms with E-state index in [4.69, 9.17) is 14.9 Å². The van der Waals surface area contributed by atoms with Gasteiger partial charge >= 0.3 is 0 Å². The summed E-state index contributed by atoms with van der Waals surface area (Å²) in [6, 6.07) is 9.63. The van der Waals surface area contributed by atoms with Crippen molar-refractivity contribution >= 4 is 35.8 Å². The SMILES string of the molecule is CCNC(=NCc1ccc(C(N)=O)o1)NCCc1ccc2c(c1)CCO2.I. The van der Waals surface area contributed by atoms with Gasteiger partial charge in [0, 0.05) is 19.5 Å². The van der Waals surface area contributed by atoms with Crippen LogP contribution in [0.3, 0.4) is 0 Å². The van der Waals surface area contributed by atoms with Crippen molar-refractivity contribution in [1.29, 1.82) is 0 Å². The highest BCUT2D eigenvalue weighted by Gasteiger charge is 2.12. The summed E-state index contributed by atoms with van der Waals surface area (Å²) in [7, 11) is 0. The molecule has 0 atom stereocenters. The molecule has 146 valence electrons. The molecule has 2 aromatic rings. The molecular weight excluding hydrogens is 459 g/mol. The van der Waals surface area contributed by atoms with Gasteiger partial charge in [0.05, 0.1) is 6.61 Å². The molecule has 0 unspecified atom stereocenters. The maximum atomic E-state index is 11.1. The van der Waals surface area contributed by atoms with Crippen molar-refractivity contribution in [2.75, 3.05) is 19.7 Å². The van der Waals surface area contributed by atoms with E-state index >= 15 is 0 Å². The lowest BCUT2D eigenvalue weighted by Gasteiger charge is -2.11. The van der Waals surface area contributed by atoms with E-state index in [1.165, 1.54) is 11.1 Å². The summed E-state index contributed by atoms with van der Waals surface area (Å²) in [6.07, 6.45) is 1.88.